The summed E-state index contributed by atoms with van der Waals surface area (Å²) in [5, 5.41) is 3.58. The van der Waals surface area contributed by atoms with Crippen LogP contribution in [0.1, 0.15) is 32.6 Å². The van der Waals surface area contributed by atoms with E-state index in [-0.39, 0.29) is 0 Å². The first-order valence-corrected chi connectivity index (χ1v) is 7.38. The van der Waals surface area contributed by atoms with Crippen LogP contribution in [0.3, 0.4) is 0 Å². The van der Waals surface area contributed by atoms with Gasteiger partial charge in [0.25, 0.3) is 0 Å². The molecular formula is C14H29N3. The van der Waals surface area contributed by atoms with E-state index in [2.05, 4.69) is 29.1 Å². The largest absolute Gasteiger partial charge is 0.314 e. The molecule has 1 N–H and O–H groups in total. The molecule has 2 atom stereocenters. The van der Waals surface area contributed by atoms with Gasteiger partial charge in [0.1, 0.15) is 0 Å². The lowest BCUT2D eigenvalue weighted by atomic mass is 9.97. The Morgan fingerprint density at radius 3 is 2.82 bits per heavy atom. The van der Waals surface area contributed by atoms with E-state index < -0.39 is 0 Å². The molecule has 0 aromatic rings. The summed E-state index contributed by atoms with van der Waals surface area (Å²) in [5.74, 6) is 0.913. The Balaban J connectivity index is 1.76. The van der Waals surface area contributed by atoms with Gasteiger partial charge >= 0.3 is 0 Å². The fourth-order valence-electron chi connectivity index (χ4n) is 3.21. The molecule has 2 saturated heterocycles. The molecule has 0 aliphatic carbocycles. The lowest BCUT2D eigenvalue weighted by molar-refractivity contribution is 0.143. The molecular weight excluding hydrogens is 210 g/mol. The predicted octanol–water partition coefficient (Wildman–Crippen LogP) is 1.40. The third kappa shape index (κ3) is 4.57. The zero-order valence-electron chi connectivity index (χ0n) is 11.6. The minimum atomic E-state index is 0.701. The second-order valence-electron chi connectivity index (χ2n) is 6.07. The van der Waals surface area contributed by atoms with Crippen LogP contribution >= 0.6 is 0 Å². The van der Waals surface area contributed by atoms with Crippen molar-refractivity contribution >= 4 is 0 Å². The first kappa shape index (κ1) is 13.3. The zero-order chi connectivity index (χ0) is 12.1. The van der Waals surface area contributed by atoms with Crippen molar-refractivity contribution in [2.45, 2.75) is 38.6 Å². The van der Waals surface area contributed by atoms with Gasteiger partial charge in [-0.25, -0.2) is 0 Å². The van der Waals surface area contributed by atoms with Gasteiger partial charge in [-0.05, 0) is 71.8 Å². The molecule has 100 valence electrons. The van der Waals surface area contributed by atoms with E-state index in [1.165, 1.54) is 65.0 Å². The van der Waals surface area contributed by atoms with Crippen LogP contribution in [-0.2, 0) is 0 Å². The standard InChI is InChI=1S/C14H29N3/c1-13-6-10-17(9-4-7-15-13)12-14-5-3-8-16(2)11-14/h13-15H,3-12H2,1-2H3. The highest BCUT2D eigenvalue weighted by atomic mass is 15.2. The van der Waals surface area contributed by atoms with Gasteiger partial charge < -0.3 is 15.1 Å². The Morgan fingerprint density at radius 2 is 2.00 bits per heavy atom. The number of nitrogens with zero attached hydrogens (tertiary/aromatic N) is 2. The number of nitrogens with one attached hydrogen (secondary N) is 1. The smallest absolute Gasteiger partial charge is 0.00509 e. The quantitative estimate of drug-likeness (QED) is 0.786. The van der Waals surface area contributed by atoms with Gasteiger partial charge in [-0.15, -0.1) is 0 Å². The highest BCUT2D eigenvalue weighted by molar-refractivity contribution is 4.76. The van der Waals surface area contributed by atoms with Crippen molar-refractivity contribution in [1.82, 2.24) is 15.1 Å². The summed E-state index contributed by atoms with van der Waals surface area (Å²) in [7, 11) is 2.27. The summed E-state index contributed by atoms with van der Waals surface area (Å²) >= 11 is 0. The van der Waals surface area contributed by atoms with Gasteiger partial charge in [0.05, 0.1) is 0 Å². The van der Waals surface area contributed by atoms with E-state index in [4.69, 9.17) is 0 Å². The lowest BCUT2D eigenvalue weighted by Gasteiger charge is -2.35. The second-order valence-corrected chi connectivity index (χ2v) is 6.07. The fraction of sp³-hybridized carbons (Fsp3) is 1.00. The molecule has 0 spiro atoms. The highest BCUT2D eigenvalue weighted by Gasteiger charge is 2.20. The van der Waals surface area contributed by atoms with Crippen molar-refractivity contribution in [3.05, 3.63) is 0 Å². The van der Waals surface area contributed by atoms with E-state index >= 15 is 0 Å². The van der Waals surface area contributed by atoms with Gasteiger partial charge in [-0.1, -0.05) is 0 Å². The van der Waals surface area contributed by atoms with Crippen LogP contribution in [0.2, 0.25) is 0 Å². The van der Waals surface area contributed by atoms with E-state index in [0.717, 1.165) is 5.92 Å². The molecule has 0 radical (unpaired) electrons. The third-order valence-corrected chi connectivity index (χ3v) is 4.26. The number of rotatable bonds is 2. The van der Waals surface area contributed by atoms with Gasteiger partial charge in [0.15, 0.2) is 0 Å². The summed E-state index contributed by atoms with van der Waals surface area (Å²) in [5.41, 5.74) is 0. The van der Waals surface area contributed by atoms with E-state index in [1.54, 1.807) is 0 Å². The maximum Gasteiger partial charge on any atom is 0.00509 e. The molecule has 3 nitrogen and oxygen atoms in total. The van der Waals surface area contributed by atoms with Crippen molar-refractivity contribution < 1.29 is 0 Å². The maximum atomic E-state index is 3.58. The minimum Gasteiger partial charge on any atom is -0.314 e. The Bertz CT molecular complexity index is 220. The monoisotopic (exact) mass is 239 g/mol. The Hall–Kier alpha value is -0.120. The SMILES string of the molecule is CC1CCN(CC2CCCN(C)C2)CCCN1. The van der Waals surface area contributed by atoms with Gasteiger partial charge in [0, 0.05) is 19.1 Å². The van der Waals surface area contributed by atoms with Crippen molar-refractivity contribution in [1.29, 1.82) is 0 Å². The van der Waals surface area contributed by atoms with Gasteiger partial charge in [0.2, 0.25) is 0 Å². The summed E-state index contributed by atoms with van der Waals surface area (Å²) in [4.78, 5) is 5.21. The fourth-order valence-corrected chi connectivity index (χ4v) is 3.21. The first-order valence-electron chi connectivity index (χ1n) is 7.38. The molecule has 0 aromatic heterocycles. The molecule has 2 rings (SSSR count). The molecule has 2 aliphatic rings. The topological polar surface area (TPSA) is 18.5 Å². The molecule has 2 unspecified atom stereocenters. The van der Waals surface area contributed by atoms with Crippen molar-refractivity contribution in [3.63, 3.8) is 0 Å². The number of hydrogen-bond acceptors (Lipinski definition) is 3. The third-order valence-electron chi connectivity index (χ3n) is 4.26. The Morgan fingerprint density at radius 1 is 1.12 bits per heavy atom. The van der Waals surface area contributed by atoms with E-state index in [9.17, 15) is 0 Å². The van der Waals surface area contributed by atoms with Gasteiger partial charge in [-0.3, -0.25) is 0 Å². The Kier molecular flexibility index (Phi) is 5.26. The maximum absolute atomic E-state index is 3.58. The second kappa shape index (κ2) is 6.72. The molecule has 2 fully saturated rings. The average Bonchev–Trinajstić information content (AvgIpc) is 2.28. The molecule has 0 amide bonds. The van der Waals surface area contributed by atoms with Crippen molar-refractivity contribution in [3.8, 4) is 0 Å². The molecule has 2 aliphatic heterocycles. The van der Waals surface area contributed by atoms with Crippen LogP contribution in [0, 0.1) is 5.92 Å². The number of hydrogen-bond donors (Lipinski definition) is 1. The summed E-state index contributed by atoms with van der Waals surface area (Å²) < 4.78 is 0. The lowest BCUT2D eigenvalue weighted by Crippen LogP contribution is -2.43. The highest BCUT2D eigenvalue weighted by Crippen LogP contribution is 2.17. The molecule has 0 bridgehead atoms. The number of likely N-dealkylation sites (tertiary alicyclic amines) is 1. The van der Waals surface area contributed by atoms with Crippen LogP contribution in [0.5, 0.6) is 0 Å². The van der Waals surface area contributed by atoms with Crippen LogP contribution in [0.15, 0.2) is 0 Å². The van der Waals surface area contributed by atoms with E-state index in [1.807, 2.05) is 0 Å². The predicted molar refractivity (Wildman–Crippen MR) is 73.4 cm³/mol. The summed E-state index contributed by atoms with van der Waals surface area (Å²) in [6.45, 7) is 10.0. The van der Waals surface area contributed by atoms with Crippen LogP contribution in [0.4, 0.5) is 0 Å². The molecule has 2 heterocycles. The first-order chi connectivity index (χ1) is 8.24. The minimum absolute atomic E-state index is 0.701. The van der Waals surface area contributed by atoms with Crippen LogP contribution < -0.4 is 5.32 Å². The zero-order valence-corrected chi connectivity index (χ0v) is 11.6. The van der Waals surface area contributed by atoms with Crippen LogP contribution in [0.25, 0.3) is 0 Å². The van der Waals surface area contributed by atoms with Crippen molar-refractivity contribution in [2.75, 3.05) is 46.3 Å². The molecule has 0 aromatic carbocycles. The Labute approximate surface area is 107 Å². The summed E-state index contributed by atoms with van der Waals surface area (Å²) in [6, 6.07) is 0.701. The molecule has 3 heteroatoms. The molecule has 17 heavy (non-hydrogen) atoms. The van der Waals surface area contributed by atoms with Crippen LogP contribution in [-0.4, -0.2) is 62.2 Å². The average molecular weight is 239 g/mol. The van der Waals surface area contributed by atoms with Crippen molar-refractivity contribution in [2.24, 2.45) is 5.92 Å². The van der Waals surface area contributed by atoms with Gasteiger partial charge in [-0.2, -0.15) is 0 Å². The molecule has 0 saturated carbocycles. The normalized spacial score (nSPS) is 34.2. The number of piperidine rings is 1. The summed E-state index contributed by atoms with van der Waals surface area (Å²) in [6.07, 6.45) is 5.46. The van der Waals surface area contributed by atoms with E-state index in [0.29, 0.717) is 6.04 Å².